The molecule has 0 aromatic heterocycles. The summed E-state index contributed by atoms with van der Waals surface area (Å²) in [5, 5.41) is 0.307. The van der Waals surface area contributed by atoms with Crippen LogP contribution in [0.2, 0.25) is 0 Å². The van der Waals surface area contributed by atoms with Crippen molar-refractivity contribution in [2.45, 2.75) is 97.4 Å². The third-order valence-corrected chi connectivity index (χ3v) is 10.8. The van der Waals surface area contributed by atoms with Crippen LogP contribution in [0.25, 0.3) is 0 Å². The van der Waals surface area contributed by atoms with Gasteiger partial charge in [-0.15, -0.1) is 0 Å². The van der Waals surface area contributed by atoms with Crippen molar-refractivity contribution in [2.24, 2.45) is 11.8 Å². The van der Waals surface area contributed by atoms with Crippen molar-refractivity contribution in [3.63, 3.8) is 0 Å². The molecule has 4 unspecified atom stereocenters. The predicted octanol–water partition coefficient (Wildman–Crippen LogP) is 9.18. The van der Waals surface area contributed by atoms with Gasteiger partial charge in [0.05, 0.1) is 0 Å². The number of aryl methyl sites for hydroxylation is 2. The van der Waals surface area contributed by atoms with Gasteiger partial charge in [0.1, 0.15) is 0 Å². The maximum atomic E-state index is 2.95. The lowest BCUT2D eigenvalue weighted by molar-refractivity contribution is 0.189. The van der Waals surface area contributed by atoms with Crippen LogP contribution in [0.5, 0.6) is 0 Å². The highest BCUT2D eigenvalue weighted by molar-refractivity contribution is 7.52. The van der Waals surface area contributed by atoms with Crippen LogP contribution in [0.15, 0.2) is 48.5 Å². The summed E-state index contributed by atoms with van der Waals surface area (Å²) in [6.07, 6.45) is 5.54. The monoisotopic (exact) mass is 469 g/mol. The fraction of sp³-hybridized carbons (Fsp3) is 0.586. The van der Waals surface area contributed by atoms with Gasteiger partial charge in [-0.25, -0.2) is 0 Å². The lowest BCUT2D eigenvalue weighted by Gasteiger charge is -2.47. The van der Waals surface area contributed by atoms with Gasteiger partial charge in [-0.05, 0) is 67.1 Å². The van der Waals surface area contributed by atoms with Crippen LogP contribution < -0.4 is 0 Å². The molecule has 0 amide bonds. The first-order chi connectivity index (χ1) is 15.0. The molecule has 0 heterocycles. The number of nitrogens with zero attached hydrogens (tertiary/aromatic N) is 1. The maximum absolute atomic E-state index is 2.95. The van der Waals surface area contributed by atoms with Gasteiger partial charge in [-0.3, -0.25) is 4.44 Å². The molecule has 0 spiro atoms. The smallest absolute Gasteiger partial charge is 0.0206 e. The molecule has 0 saturated heterocycles. The molecular formula is C29H45NP2. The largest absolute Gasteiger partial charge is 0.261 e. The zero-order valence-corrected chi connectivity index (χ0v) is 23.6. The maximum Gasteiger partial charge on any atom is 0.0206 e. The van der Waals surface area contributed by atoms with E-state index in [0.717, 1.165) is 29.3 Å². The van der Waals surface area contributed by atoms with E-state index in [1.54, 1.807) is 0 Å². The molecule has 1 fully saturated rings. The SMILES string of the molecule is Cc1cccc(C(C)(C)PN(PC(C)(C)c2cccc(C)c2)C2CCCCC2C(C)C)c1. The van der Waals surface area contributed by atoms with Gasteiger partial charge in [0.25, 0.3) is 0 Å². The Balaban J connectivity index is 1.95. The first-order valence-electron chi connectivity index (χ1n) is 12.5. The Kier molecular flexibility index (Phi) is 8.63. The Bertz CT molecular complexity index is 827. The lowest BCUT2D eigenvalue weighted by Crippen LogP contribution is -2.39. The van der Waals surface area contributed by atoms with Gasteiger partial charge >= 0.3 is 0 Å². The normalized spacial score (nSPS) is 20.9. The Morgan fingerprint density at radius 3 is 1.69 bits per heavy atom. The van der Waals surface area contributed by atoms with Crippen LogP contribution in [0.3, 0.4) is 0 Å². The second-order valence-corrected chi connectivity index (χ2v) is 15.7. The Hall–Kier alpha value is -0.740. The quantitative estimate of drug-likeness (QED) is 0.348. The minimum atomic E-state index is 0.153. The Morgan fingerprint density at radius 2 is 1.25 bits per heavy atom. The van der Waals surface area contributed by atoms with Crippen molar-refractivity contribution < 1.29 is 0 Å². The van der Waals surface area contributed by atoms with Crippen molar-refractivity contribution in [3.05, 3.63) is 70.8 Å². The van der Waals surface area contributed by atoms with Crippen LogP contribution >= 0.6 is 17.5 Å². The number of hydrogen-bond donors (Lipinski definition) is 0. The highest BCUT2D eigenvalue weighted by Crippen LogP contribution is 2.58. The summed E-state index contributed by atoms with van der Waals surface area (Å²) in [6.45, 7) is 19.2. The van der Waals surface area contributed by atoms with Crippen LogP contribution in [0.4, 0.5) is 0 Å². The Morgan fingerprint density at radius 1 is 0.781 bits per heavy atom. The standard InChI is InChI=1S/C29H45NP2/c1-21(2)26-17-9-10-18-27(26)30(31-28(5,6)24-15-11-13-22(3)19-24)32-29(7,8)25-16-12-14-23(4)20-25/h11-16,19-21,26-27,31-32H,9-10,17-18H2,1-8H3. The van der Waals surface area contributed by atoms with Gasteiger partial charge < -0.3 is 0 Å². The van der Waals surface area contributed by atoms with Crippen LogP contribution in [-0.2, 0) is 10.3 Å². The zero-order chi connectivity index (χ0) is 23.5. The molecule has 0 bridgehead atoms. The topological polar surface area (TPSA) is 3.24 Å². The first kappa shape index (κ1) is 25.9. The van der Waals surface area contributed by atoms with Gasteiger partial charge in [0.15, 0.2) is 0 Å². The molecule has 0 N–H and O–H groups in total. The summed E-state index contributed by atoms with van der Waals surface area (Å²) in [4.78, 5) is 0. The first-order valence-corrected chi connectivity index (χ1v) is 14.4. The van der Waals surface area contributed by atoms with Crippen molar-refractivity contribution in [3.8, 4) is 0 Å². The second kappa shape index (κ2) is 10.7. The summed E-state index contributed by atoms with van der Waals surface area (Å²) in [5.41, 5.74) is 5.70. The van der Waals surface area contributed by atoms with Crippen molar-refractivity contribution >= 4 is 17.5 Å². The van der Waals surface area contributed by atoms with E-state index in [-0.39, 0.29) is 10.3 Å². The van der Waals surface area contributed by atoms with Crippen LogP contribution in [-0.4, -0.2) is 10.5 Å². The molecular weight excluding hydrogens is 424 g/mol. The number of rotatable bonds is 8. The molecule has 1 saturated carbocycles. The fourth-order valence-corrected chi connectivity index (χ4v) is 9.88. The van der Waals surface area contributed by atoms with Gasteiger partial charge in [0.2, 0.25) is 0 Å². The minimum Gasteiger partial charge on any atom is -0.261 e. The van der Waals surface area contributed by atoms with E-state index in [0.29, 0.717) is 6.04 Å². The second-order valence-electron chi connectivity index (χ2n) is 11.3. The van der Waals surface area contributed by atoms with E-state index < -0.39 is 0 Å². The highest BCUT2D eigenvalue weighted by Gasteiger charge is 2.38. The summed E-state index contributed by atoms with van der Waals surface area (Å²) in [7, 11) is 1.59. The highest BCUT2D eigenvalue weighted by atomic mass is 31.1. The molecule has 3 rings (SSSR count). The third kappa shape index (κ3) is 6.44. The van der Waals surface area contributed by atoms with Gasteiger partial charge in [0, 0.05) is 16.4 Å². The molecule has 1 aliphatic carbocycles. The summed E-state index contributed by atoms with van der Waals surface area (Å²) < 4.78 is 2.95. The molecule has 0 radical (unpaired) electrons. The molecule has 2 aromatic rings. The molecule has 0 aliphatic heterocycles. The molecule has 1 aliphatic rings. The molecule has 4 atom stereocenters. The molecule has 32 heavy (non-hydrogen) atoms. The Labute approximate surface area is 201 Å². The summed E-state index contributed by atoms with van der Waals surface area (Å²) >= 11 is 0. The summed E-state index contributed by atoms with van der Waals surface area (Å²) in [5.74, 6) is 1.56. The van der Waals surface area contributed by atoms with E-state index >= 15 is 0 Å². The van der Waals surface area contributed by atoms with E-state index in [2.05, 4.69) is 108 Å². The zero-order valence-electron chi connectivity index (χ0n) is 21.6. The summed E-state index contributed by atoms with van der Waals surface area (Å²) in [6, 6.07) is 19.1. The van der Waals surface area contributed by atoms with Crippen LogP contribution in [0.1, 0.15) is 89.5 Å². The van der Waals surface area contributed by atoms with Crippen LogP contribution in [0, 0.1) is 25.7 Å². The van der Waals surface area contributed by atoms with E-state index in [1.165, 1.54) is 47.9 Å². The van der Waals surface area contributed by atoms with Gasteiger partial charge in [-0.1, -0.05) is 114 Å². The molecule has 176 valence electrons. The van der Waals surface area contributed by atoms with Crippen molar-refractivity contribution in [2.75, 3.05) is 0 Å². The lowest BCUT2D eigenvalue weighted by atomic mass is 9.78. The predicted molar refractivity (Wildman–Crippen MR) is 147 cm³/mol. The van der Waals surface area contributed by atoms with Gasteiger partial charge in [-0.2, -0.15) is 0 Å². The number of hydrogen-bond acceptors (Lipinski definition) is 1. The number of benzene rings is 2. The average Bonchev–Trinajstić information content (AvgIpc) is 2.73. The fourth-order valence-electron chi connectivity index (χ4n) is 5.23. The third-order valence-electron chi connectivity index (χ3n) is 7.25. The van der Waals surface area contributed by atoms with E-state index in [1.807, 2.05) is 0 Å². The van der Waals surface area contributed by atoms with Crippen molar-refractivity contribution in [1.29, 1.82) is 0 Å². The molecule has 3 heteroatoms. The molecule has 2 aromatic carbocycles. The van der Waals surface area contributed by atoms with Crippen molar-refractivity contribution in [1.82, 2.24) is 4.44 Å². The minimum absolute atomic E-state index is 0.153. The van der Waals surface area contributed by atoms with E-state index in [4.69, 9.17) is 0 Å². The van der Waals surface area contributed by atoms with E-state index in [9.17, 15) is 0 Å². The molecule has 1 nitrogen and oxygen atoms in total. The average molecular weight is 470 g/mol.